The molecule has 4 rings (SSSR count). The summed E-state index contributed by atoms with van der Waals surface area (Å²) in [5.74, 6) is 0.936. The van der Waals surface area contributed by atoms with Crippen LogP contribution in [0.1, 0.15) is 29.2 Å². The molecule has 1 aliphatic rings. The molecule has 0 bridgehead atoms. The molecule has 8 nitrogen and oxygen atoms in total. The number of hydrogen-bond donors (Lipinski definition) is 4. The van der Waals surface area contributed by atoms with Crippen molar-refractivity contribution in [2.45, 2.75) is 25.1 Å². The molecule has 0 spiro atoms. The maximum absolute atomic E-state index is 12.5. The first kappa shape index (κ1) is 22.3. The number of hydrazine groups is 1. The fourth-order valence-electron chi connectivity index (χ4n) is 3.51. The highest BCUT2D eigenvalue weighted by Crippen LogP contribution is 2.26. The van der Waals surface area contributed by atoms with Crippen molar-refractivity contribution in [1.29, 1.82) is 0 Å². The van der Waals surface area contributed by atoms with E-state index in [0.717, 1.165) is 16.9 Å². The Morgan fingerprint density at radius 3 is 2.67 bits per heavy atom. The van der Waals surface area contributed by atoms with Gasteiger partial charge in [-0.05, 0) is 53.4 Å². The summed E-state index contributed by atoms with van der Waals surface area (Å²) in [6.45, 7) is 0.517. The number of carbonyl (C=O) groups excluding carboxylic acids is 1. The Morgan fingerprint density at radius 1 is 1.12 bits per heavy atom. The zero-order valence-corrected chi connectivity index (χ0v) is 18.2. The molecule has 0 aromatic heterocycles. The maximum Gasteiger partial charge on any atom is 0.258 e. The van der Waals surface area contributed by atoms with Gasteiger partial charge in [-0.1, -0.05) is 42.5 Å². The summed E-state index contributed by atoms with van der Waals surface area (Å²) >= 11 is 0. The van der Waals surface area contributed by atoms with E-state index in [2.05, 4.69) is 21.4 Å². The molecule has 170 valence electrons. The lowest BCUT2D eigenvalue weighted by atomic mass is 10.0. The number of phenols is 1. The predicted molar refractivity (Wildman–Crippen MR) is 125 cm³/mol. The molecule has 0 aliphatic carbocycles. The van der Waals surface area contributed by atoms with Crippen molar-refractivity contribution in [3.63, 3.8) is 0 Å². The highest BCUT2D eigenvalue weighted by atomic mass is 16.5. The average Bonchev–Trinajstić information content (AvgIpc) is 3.35. The van der Waals surface area contributed by atoms with Crippen LogP contribution in [0.15, 0.2) is 77.9 Å². The number of aromatic hydroxyl groups is 1. The zero-order valence-electron chi connectivity index (χ0n) is 18.2. The molecule has 4 N–H and O–H groups in total. The van der Waals surface area contributed by atoms with Gasteiger partial charge in [-0.2, -0.15) is 5.10 Å². The van der Waals surface area contributed by atoms with Gasteiger partial charge in [0.2, 0.25) is 0 Å². The van der Waals surface area contributed by atoms with Gasteiger partial charge in [0.25, 0.3) is 5.91 Å². The van der Waals surface area contributed by atoms with Crippen LogP contribution < -0.4 is 25.8 Å². The lowest BCUT2D eigenvalue weighted by Gasteiger charge is -2.11. The van der Waals surface area contributed by atoms with E-state index >= 15 is 0 Å². The molecular formula is C25H26N4O4. The molecule has 1 aliphatic heterocycles. The van der Waals surface area contributed by atoms with Crippen molar-refractivity contribution in [1.82, 2.24) is 16.3 Å². The fourth-order valence-corrected chi connectivity index (χ4v) is 3.51. The van der Waals surface area contributed by atoms with Gasteiger partial charge in [-0.15, -0.1) is 0 Å². The van der Waals surface area contributed by atoms with E-state index in [1.807, 2.05) is 54.6 Å². The van der Waals surface area contributed by atoms with Crippen molar-refractivity contribution in [2.24, 2.45) is 5.10 Å². The number of hydrazone groups is 1. The van der Waals surface area contributed by atoms with Gasteiger partial charge in [0, 0.05) is 6.04 Å². The zero-order chi connectivity index (χ0) is 23.0. The summed E-state index contributed by atoms with van der Waals surface area (Å²) in [5.41, 5.74) is 11.6. The topological polar surface area (TPSA) is 104 Å². The van der Waals surface area contributed by atoms with Crippen LogP contribution in [-0.4, -0.2) is 30.4 Å². The van der Waals surface area contributed by atoms with E-state index in [0.29, 0.717) is 24.3 Å². The minimum atomic E-state index is -0.421. The Balaban J connectivity index is 1.26. The van der Waals surface area contributed by atoms with Crippen molar-refractivity contribution in [2.75, 3.05) is 7.11 Å². The van der Waals surface area contributed by atoms with Crippen LogP contribution in [-0.2, 0) is 11.4 Å². The summed E-state index contributed by atoms with van der Waals surface area (Å²) < 4.78 is 10.9. The van der Waals surface area contributed by atoms with Crippen LogP contribution in [0.5, 0.6) is 17.2 Å². The molecule has 33 heavy (non-hydrogen) atoms. The molecular weight excluding hydrogens is 420 g/mol. The number of rotatable bonds is 8. The van der Waals surface area contributed by atoms with Crippen LogP contribution in [0, 0.1) is 0 Å². The van der Waals surface area contributed by atoms with Crippen molar-refractivity contribution >= 4 is 12.1 Å². The summed E-state index contributed by atoms with van der Waals surface area (Å²) in [5, 5.41) is 13.6. The number of carbonyl (C=O) groups is 1. The van der Waals surface area contributed by atoms with E-state index in [1.54, 1.807) is 12.1 Å². The number of nitrogens with zero attached hydrogens (tertiary/aromatic N) is 1. The Bertz CT molecular complexity index is 1100. The van der Waals surface area contributed by atoms with Gasteiger partial charge in [-0.25, -0.2) is 16.3 Å². The quantitative estimate of drug-likeness (QED) is 0.313. The smallest absolute Gasteiger partial charge is 0.258 e. The van der Waals surface area contributed by atoms with Crippen molar-refractivity contribution in [3.8, 4) is 17.2 Å². The number of amides is 1. The van der Waals surface area contributed by atoms with E-state index < -0.39 is 6.04 Å². The number of ether oxygens (including phenoxy) is 2. The maximum atomic E-state index is 12.5. The van der Waals surface area contributed by atoms with Crippen molar-refractivity contribution < 1.29 is 19.4 Å². The highest BCUT2D eigenvalue weighted by molar-refractivity contribution is 5.85. The summed E-state index contributed by atoms with van der Waals surface area (Å²) in [4.78, 5) is 12.5. The van der Waals surface area contributed by atoms with Crippen molar-refractivity contribution in [3.05, 3.63) is 89.5 Å². The predicted octanol–water partition coefficient (Wildman–Crippen LogP) is 3.04. The molecule has 8 heteroatoms. The van der Waals surface area contributed by atoms with E-state index in [4.69, 9.17) is 9.47 Å². The Kier molecular flexibility index (Phi) is 7.19. The van der Waals surface area contributed by atoms with E-state index in [1.165, 1.54) is 19.4 Å². The molecule has 3 aromatic rings. The second-order valence-corrected chi connectivity index (χ2v) is 7.64. The third-order valence-corrected chi connectivity index (χ3v) is 5.34. The average molecular weight is 447 g/mol. The van der Waals surface area contributed by atoms with Crippen LogP contribution in [0.2, 0.25) is 0 Å². The molecule has 2 atom stereocenters. The molecule has 1 fully saturated rings. The van der Waals surface area contributed by atoms with Gasteiger partial charge in [0.05, 0.1) is 13.3 Å². The highest BCUT2D eigenvalue weighted by Gasteiger charge is 2.30. The fraction of sp³-hybridized carbons (Fsp3) is 0.200. The summed E-state index contributed by atoms with van der Waals surface area (Å²) in [6, 6.07) is 22.3. The van der Waals surface area contributed by atoms with Crippen LogP contribution in [0.4, 0.5) is 0 Å². The standard InChI is InChI=1S/C25H26N4O4/c1-32-24-13-18(7-12-23(24)30)15-26-29-25(31)22-14-21(27-28-22)19-8-10-20(11-9-19)33-16-17-5-3-2-4-6-17/h2-13,15,21-22,27-28,30H,14,16H2,1H3,(H,29,31)/b26-15+. The van der Waals surface area contributed by atoms with Gasteiger partial charge >= 0.3 is 0 Å². The number of hydrogen-bond acceptors (Lipinski definition) is 7. The van der Waals surface area contributed by atoms with Crippen LogP contribution >= 0.6 is 0 Å². The monoisotopic (exact) mass is 446 g/mol. The first-order chi connectivity index (χ1) is 16.1. The van der Waals surface area contributed by atoms with Gasteiger partial charge in [0.1, 0.15) is 18.4 Å². The minimum absolute atomic E-state index is 0.00531. The molecule has 0 radical (unpaired) electrons. The molecule has 0 saturated carbocycles. The van der Waals surface area contributed by atoms with Gasteiger partial charge < -0.3 is 14.6 Å². The lowest BCUT2D eigenvalue weighted by Crippen LogP contribution is -2.41. The van der Waals surface area contributed by atoms with E-state index in [-0.39, 0.29) is 17.7 Å². The van der Waals surface area contributed by atoms with Crippen LogP contribution in [0.25, 0.3) is 0 Å². The molecule has 3 aromatic carbocycles. The largest absolute Gasteiger partial charge is 0.504 e. The number of methoxy groups -OCH3 is 1. The SMILES string of the molecule is COc1cc(/C=N/NC(=O)C2CC(c3ccc(OCc4ccccc4)cc3)NN2)ccc1O. The first-order valence-corrected chi connectivity index (χ1v) is 10.6. The normalized spacial score (nSPS) is 17.7. The first-order valence-electron chi connectivity index (χ1n) is 10.6. The molecule has 1 amide bonds. The van der Waals surface area contributed by atoms with E-state index in [9.17, 15) is 9.90 Å². The number of phenolic OH excluding ortho intramolecular Hbond substituents is 1. The van der Waals surface area contributed by atoms with Crippen LogP contribution in [0.3, 0.4) is 0 Å². The third kappa shape index (κ3) is 5.88. The number of nitrogens with one attached hydrogen (secondary N) is 3. The Morgan fingerprint density at radius 2 is 1.91 bits per heavy atom. The number of benzene rings is 3. The lowest BCUT2D eigenvalue weighted by molar-refractivity contribution is -0.122. The molecule has 1 heterocycles. The molecule has 1 saturated heterocycles. The van der Waals surface area contributed by atoms with Gasteiger partial charge in [0.15, 0.2) is 11.5 Å². The Labute approximate surface area is 192 Å². The second-order valence-electron chi connectivity index (χ2n) is 7.64. The summed E-state index contributed by atoms with van der Waals surface area (Å²) in [7, 11) is 1.47. The minimum Gasteiger partial charge on any atom is -0.504 e. The van der Waals surface area contributed by atoms with Gasteiger partial charge in [-0.3, -0.25) is 4.79 Å². The molecule has 2 unspecified atom stereocenters. The summed E-state index contributed by atoms with van der Waals surface area (Å²) in [6.07, 6.45) is 2.08. The second kappa shape index (κ2) is 10.6. The third-order valence-electron chi connectivity index (χ3n) is 5.34. The Hall–Kier alpha value is -3.88.